The van der Waals surface area contributed by atoms with Gasteiger partial charge in [-0.05, 0) is 49.1 Å². The molecule has 3 amide bonds. The van der Waals surface area contributed by atoms with E-state index in [1.54, 1.807) is 18.2 Å². The summed E-state index contributed by atoms with van der Waals surface area (Å²) in [5.41, 5.74) is 1.05. The first kappa shape index (κ1) is 22.6. The van der Waals surface area contributed by atoms with Crippen LogP contribution >= 0.6 is 0 Å². The smallest absolute Gasteiger partial charge is 0.328 e. The zero-order valence-corrected chi connectivity index (χ0v) is 19.4. The fraction of sp³-hybridized carbons (Fsp3) is 0.480. The molecule has 0 bridgehead atoms. The SMILES string of the molecule is COCCCN1C(=O)N(Cc2ccccn2)C(=O)C12CCN(Cc1ccc3c(c1)OCO3)CC2. The van der Waals surface area contributed by atoms with Crippen molar-refractivity contribution in [2.75, 3.05) is 40.1 Å². The van der Waals surface area contributed by atoms with Crippen LogP contribution in [0, 0.1) is 0 Å². The highest BCUT2D eigenvalue weighted by molar-refractivity contribution is 6.07. The van der Waals surface area contributed by atoms with Crippen molar-refractivity contribution < 1.29 is 23.8 Å². The lowest BCUT2D eigenvalue weighted by Gasteiger charge is -2.42. The monoisotopic (exact) mass is 466 g/mol. The number of hydrogen-bond donors (Lipinski definition) is 0. The van der Waals surface area contributed by atoms with E-state index in [4.69, 9.17) is 14.2 Å². The van der Waals surface area contributed by atoms with E-state index < -0.39 is 5.54 Å². The summed E-state index contributed by atoms with van der Waals surface area (Å²) >= 11 is 0. The maximum absolute atomic E-state index is 13.7. The molecule has 1 spiro atoms. The number of hydrogen-bond acceptors (Lipinski definition) is 7. The summed E-state index contributed by atoms with van der Waals surface area (Å²) < 4.78 is 16.1. The Labute approximate surface area is 199 Å². The fourth-order valence-corrected chi connectivity index (χ4v) is 5.11. The fourth-order valence-electron chi connectivity index (χ4n) is 5.11. The number of carbonyl (C=O) groups is 2. The molecule has 1 aromatic carbocycles. The Bertz CT molecular complexity index is 1040. The Morgan fingerprint density at radius 2 is 1.88 bits per heavy atom. The van der Waals surface area contributed by atoms with E-state index >= 15 is 0 Å². The summed E-state index contributed by atoms with van der Waals surface area (Å²) in [4.78, 5) is 36.9. The number of likely N-dealkylation sites (tertiary alicyclic amines) is 1. The molecule has 5 rings (SSSR count). The van der Waals surface area contributed by atoms with Gasteiger partial charge in [0.05, 0.1) is 12.2 Å². The standard InChI is InChI=1S/C25H30N4O5/c1-32-14-4-11-29-24(31)28(17-20-5-2-3-10-26-20)23(30)25(29)8-12-27(13-9-25)16-19-6-7-21-22(15-19)34-18-33-21/h2-3,5-7,10,15H,4,8-9,11-14,16-18H2,1H3. The topological polar surface area (TPSA) is 84.4 Å². The van der Waals surface area contributed by atoms with Crippen LogP contribution in [-0.4, -0.2) is 77.3 Å². The first-order chi connectivity index (χ1) is 16.6. The van der Waals surface area contributed by atoms with Crippen LogP contribution < -0.4 is 9.47 Å². The van der Waals surface area contributed by atoms with Gasteiger partial charge in [-0.3, -0.25) is 19.6 Å². The molecule has 2 fully saturated rings. The molecule has 0 unspecified atom stereocenters. The molecule has 3 aliphatic rings. The molecule has 34 heavy (non-hydrogen) atoms. The van der Waals surface area contributed by atoms with E-state index in [1.165, 1.54) is 4.90 Å². The molecule has 180 valence electrons. The maximum atomic E-state index is 13.7. The summed E-state index contributed by atoms with van der Waals surface area (Å²) in [5, 5.41) is 0. The second-order valence-electron chi connectivity index (χ2n) is 8.99. The van der Waals surface area contributed by atoms with Gasteiger partial charge in [0.25, 0.3) is 5.91 Å². The Hall–Kier alpha value is -3.17. The van der Waals surface area contributed by atoms with E-state index in [-0.39, 0.29) is 25.3 Å². The summed E-state index contributed by atoms with van der Waals surface area (Å²) in [7, 11) is 1.65. The zero-order chi connectivity index (χ0) is 23.5. The van der Waals surface area contributed by atoms with Gasteiger partial charge in [0.1, 0.15) is 5.54 Å². The average molecular weight is 467 g/mol. The van der Waals surface area contributed by atoms with Crippen LogP contribution in [0.2, 0.25) is 0 Å². The summed E-state index contributed by atoms with van der Waals surface area (Å²) in [5.74, 6) is 1.44. The van der Waals surface area contributed by atoms with Crippen molar-refractivity contribution in [2.45, 2.75) is 37.9 Å². The van der Waals surface area contributed by atoms with Crippen molar-refractivity contribution in [3.05, 3.63) is 53.9 Å². The quantitative estimate of drug-likeness (QED) is 0.437. The van der Waals surface area contributed by atoms with Crippen LogP contribution in [0.1, 0.15) is 30.5 Å². The van der Waals surface area contributed by atoms with Gasteiger partial charge in [0.15, 0.2) is 11.5 Å². The van der Waals surface area contributed by atoms with Gasteiger partial charge in [-0.15, -0.1) is 0 Å². The number of carbonyl (C=O) groups excluding carboxylic acids is 2. The molecule has 0 aliphatic carbocycles. The van der Waals surface area contributed by atoms with Crippen LogP contribution in [0.5, 0.6) is 11.5 Å². The zero-order valence-electron chi connectivity index (χ0n) is 19.4. The molecule has 0 atom stereocenters. The molecule has 9 heteroatoms. The number of benzene rings is 1. The van der Waals surface area contributed by atoms with Crippen LogP contribution in [0.4, 0.5) is 4.79 Å². The van der Waals surface area contributed by atoms with Crippen molar-refractivity contribution in [1.82, 2.24) is 19.7 Å². The van der Waals surface area contributed by atoms with E-state index in [9.17, 15) is 9.59 Å². The highest BCUT2D eigenvalue weighted by atomic mass is 16.7. The third-order valence-electron chi connectivity index (χ3n) is 6.92. The third-order valence-corrected chi connectivity index (χ3v) is 6.92. The Morgan fingerprint density at radius 3 is 2.65 bits per heavy atom. The molecule has 2 saturated heterocycles. The van der Waals surface area contributed by atoms with Crippen molar-refractivity contribution in [2.24, 2.45) is 0 Å². The van der Waals surface area contributed by atoms with Crippen molar-refractivity contribution in [1.29, 1.82) is 0 Å². The van der Waals surface area contributed by atoms with Gasteiger partial charge in [0, 0.05) is 46.1 Å². The third kappa shape index (κ3) is 4.21. The molecular formula is C25H30N4O5. The minimum absolute atomic E-state index is 0.108. The molecule has 0 N–H and O–H groups in total. The van der Waals surface area contributed by atoms with E-state index in [0.29, 0.717) is 38.1 Å². The molecule has 1 aromatic heterocycles. The molecular weight excluding hydrogens is 436 g/mol. The lowest BCUT2D eigenvalue weighted by Crippen LogP contribution is -2.56. The first-order valence-electron chi connectivity index (χ1n) is 11.7. The lowest BCUT2D eigenvalue weighted by atomic mass is 9.85. The second kappa shape index (κ2) is 9.60. The van der Waals surface area contributed by atoms with E-state index in [2.05, 4.69) is 9.88 Å². The van der Waals surface area contributed by atoms with Gasteiger partial charge in [-0.1, -0.05) is 12.1 Å². The predicted octanol–water partition coefficient (Wildman–Crippen LogP) is 2.65. The van der Waals surface area contributed by atoms with Crippen molar-refractivity contribution in [3.8, 4) is 11.5 Å². The molecule has 3 aliphatic heterocycles. The van der Waals surface area contributed by atoms with Crippen LogP contribution in [0.3, 0.4) is 0 Å². The number of fused-ring (bicyclic) bond motifs is 1. The van der Waals surface area contributed by atoms with Gasteiger partial charge in [-0.25, -0.2) is 4.79 Å². The summed E-state index contributed by atoms with van der Waals surface area (Å²) in [6, 6.07) is 11.3. The number of nitrogens with zero attached hydrogens (tertiary/aromatic N) is 4. The van der Waals surface area contributed by atoms with Gasteiger partial charge in [0.2, 0.25) is 6.79 Å². The summed E-state index contributed by atoms with van der Waals surface area (Å²) in [6.07, 6.45) is 3.58. The number of amides is 3. The van der Waals surface area contributed by atoms with Crippen LogP contribution in [0.15, 0.2) is 42.6 Å². The molecule has 0 radical (unpaired) electrons. The van der Waals surface area contributed by atoms with Gasteiger partial charge >= 0.3 is 6.03 Å². The highest BCUT2D eigenvalue weighted by Gasteiger charge is 2.57. The van der Waals surface area contributed by atoms with E-state index in [1.807, 2.05) is 36.4 Å². The second-order valence-corrected chi connectivity index (χ2v) is 8.99. The number of ether oxygens (including phenoxy) is 3. The number of urea groups is 1. The molecule has 2 aromatic rings. The number of piperidine rings is 1. The number of imide groups is 1. The average Bonchev–Trinajstić information content (AvgIpc) is 3.40. The Balaban J connectivity index is 1.30. The van der Waals surface area contributed by atoms with E-state index in [0.717, 1.165) is 36.7 Å². The Kier molecular flexibility index (Phi) is 6.38. The minimum atomic E-state index is -0.801. The number of pyridine rings is 1. The highest BCUT2D eigenvalue weighted by Crippen LogP contribution is 2.39. The van der Waals surface area contributed by atoms with Crippen LogP contribution in [-0.2, 0) is 22.6 Å². The molecule has 9 nitrogen and oxygen atoms in total. The molecule has 0 saturated carbocycles. The number of methoxy groups -OCH3 is 1. The lowest BCUT2D eigenvalue weighted by molar-refractivity contribution is -0.136. The van der Waals surface area contributed by atoms with Crippen molar-refractivity contribution in [3.63, 3.8) is 0 Å². The molecule has 4 heterocycles. The Morgan fingerprint density at radius 1 is 1.06 bits per heavy atom. The van der Waals surface area contributed by atoms with Gasteiger partial charge in [-0.2, -0.15) is 0 Å². The summed E-state index contributed by atoms with van der Waals surface area (Å²) in [6.45, 7) is 3.72. The predicted molar refractivity (Wildman–Crippen MR) is 123 cm³/mol. The minimum Gasteiger partial charge on any atom is -0.454 e. The van der Waals surface area contributed by atoms with Gasteiger partial charge < -0.3 is 19.1 Å². The van der Waals surface area contributed by atoms with Crippen molar-refractivity contribution >= 4 is 11.9 Å². The number of aromatic nitrogens is 1. The first-order valence-corrected chi connectivity index (χ1v) is 11.7. The number of rotatable bonds is 8. The maximum Gasteiger partial charge on any atom is 0.328 e. The van der Waals surface area contributed by atoms with Crippen LogP contribution in [0.25, 0.3) is 0 Å². The normalized spacial score (nSPS) is 19.4. The largest absolute Gasteiger partial charge is 0.454 e.